The van der Waals surface area contributed by atoms with Crippen molar-refractivity contribution in [3.8, 4) is 0 Å². The number of nitrogens with zero attached hydrogens (tertiary/aromatic N) is 1. The molecule has 1 aromatic rings. The van der Waals surface area contributed by atoms with Gasteiger partial charge in [0.1, 0.15) is 5.69 Å². The first kappa shape index (κ1) is 11.6. The lowest BCUT2D eigenvalue weighted by Gasteiger charge is -2.03. The van der Waals surface area contributed by atoms with Crippen molar-refractivity contribution >= 4 is 22.4 Å². The molecule has 15 heavy (non-hydrogen) atoms. The lowest BCUT2D eigenvalue weighted by molar-refractivity contribution is 0.0951. The first-order valence-electron chi connectivity index (χ1n) is 4.39. The highest BCUT2D eigenvalue weighted by Gasteiger charge is 2.05. The minimum Gasteiger partial charge on any atom is -0.397 e. The first-order chi connectivity index (χ1) is 7.09. The molecule has 5 nitrogen and oxygen atoms in total. The minimum absolute atomic E-state index is 0.277. The molecule has 0 fully saturated rings. The number of hydrogen-bond acceptors (Lipinski definition) is 4. The highest BCUT2D eigenvalue weighted by atomic mass is 32.2. The Labute approximate surface area is 90.5 Å². The van der Waals surface area contributed by atoms with Crippen molar-refractivity contribution in [1.82, 2.24) is 10.3 Å². The van der Waals surface area contributed by atoms with Crippen molar-refractivity contribution in [2.45, 2.75) is 0 Å². The van der Waals surface area contributed by atoms with Gasteiger partial charge in [-0.3, -0.25) is 9.00 Å². The van der Waals surface area contributed by atoms with Crippen molar-refractivity contribution in [2.75, 3.05) is 24.3 Å². The molecule has 1 heterocycles. The number of hydrogen-bond donors (Lipinski definition) is 2. The van der Waals surface area contributed by atoms with Gasteiger partial charge in [0.15, 0.2) is 0 Å². The quantitative estimate of drug-likeness (QED) is 0.744. The van der Waals surface area contributed by atoms with Crippen molar-refractivity contribution in [3.63, 3.8) is 0 Å². The summed E-state index contributed by atoms with van der Waals surface area (Å²) in [6, 6.07) is 3.16. The monoisotopic (exact) mass is 227 g/mol. The summed E-state index contributed by atoms with van der Waals surface area (Å²) in [5.41, 5.74) is 6.26. The molecule has 1 atom stereocenters. The van der Waals surface area contributed by atoms with Crippen molar-refractivity contribution in [2.24, 2.45) is 0 Å². The molecule has 1 aromatic heterocycles. The van der Waals surface area contributed by atoms with Gasteiger partial charge in [-0.15, -0.1) is 0 Å². The maximum absolute atomic E-state index is 11.4. The fourth-order valence-corrected chi connectivity index (χ4v) is 1.33. The zero-order chi connectivity index (χ0) is 11.3. The normalized spacial score (nSPS) is 12.1. The summed E-state index contributed by atoms with van der Waals surface area (Å²) >= 11 is 0. The van der Waals surface area contributed by atoms with Crippen LogP contribution in [0.1, 0.15) is 10.5 Å². The molecule has 0 radical (unpaired) electrons. The van der Waals surface area contributed by atoms with Crippen LogP contribution in [0.15, 0.2) is 18.3 Å². The standard InChI is InChI=1S/C9H13N3O2S/c1-15(14)5-4-11-9(13)8-3-2-7(10)6-12-8/h2-3,6H,4-5,10H2,1H3,(H,11,13). The largest absolute Gasteiger partial charge is 0.397 e. The fraction of sp³-hybridized carbons (Fsp3) is 0.333. The second-order valence-corrected chi connectivity index (χ2v) is 4.56. The number of pyridine rings is 1. The second-order valence-electron chi connectivity index (χ2n) is 3.01. The second kappa shape index (κ2) is 5.45. The zero-order valence-electron chi connectivity index (χ0n) is 8.40. The number of carbonyl (C=O) groups excluding carboxylic acids is 1. The SMILES string of the molecule is CS(=O)CCNC(=O)c1ccc(N)cn1. The number of anilines is 1. The van der Waals surface area contributed by atoms with Gasteiger partial charge in [0.2, 0.25) is 0 Å². The molecule has 3 N–H and O–H groups in total. The predicted octanol–water partition coefficient (Wildman–Crippen LogP) is -0.228. The number of carbonyl (C=O) groups is 1. The molecule has 1 amide bonds. The number of amides is 1. The number of nitrogens with two attached hydrogens (primary N) is 1. The van der Waals surface area contributed by atoms with E-state index in [0.717, 1.165) is 0 Å². The van der Waals surface area contributed by atoms with E-state index in [1.807, 2.05) is 0 Å². The van der Waals surface area contributed by atoms with Crippen LogP contribution >= 0.6 is 0 Å². The van der Waals surface area contributed by atoms with Gasteiger partial charge in [-0.1, -0.05) is 0 Å². The summed E-state index contributed by atoms with van der Waals surface area (Å²) < 4.78 is 10.7. The average Bonchev–Trinajstić information content (AvgIpc) is 2.18. The number of nitrogens with one attached hydrogen (secondary N) is 1. The smallest absolute Gasteiger partial charge is 0.269 e. The summed E-state index contributed by atoms with van der Waals surface area (Å²) in [5, 5.41) is 2.61. The van der Waals surface area contributed by atoms with E-state index in [2.05, 4.69) is 10.3 Å². The molecule has 0 saturated carbocycles. The molecule has 0 saturated heterocycles. The van der Waals surface area contributed by atoms with Gasteiger partial charge >= 0.3 is 0 Å². The highest BCUT2D eigenvalue weighted by Crippen LogP contribution is 2.00. The molecule has 1 rings (SSSR count). The van der Waals surface area contributed by atoms with Crippen LogP contribution in [-0.4, -0.2) is 33.7 Å². The Morgan fingerprint density at radius 2 is 2.33 bits per heavy atom. The molecule has 82 valence electrons. The first-order valence-corrected chi connectivity index (χ1v) is 6.12. The molecular weight excluding hydrogens is 214 g/mol. The van der Waals surface area contributed by atoms with Gasteiger partial charge in [-0.05, 0) is 12.1 Å². The van der Waals surface area contributed by atoms with Crippen molar-refractivity contribution in [3.05, 3.63) is 24.0 Å². The van der Waals surface area contributed by atoms with Crippen LogP contribution in [-0.2, 0) is 10.8 Å². The van der Waals surface area contributed by atoms with E-state index in [1.165, 1.54) is 6.20 Å². The van der Waals surface area contributed by atoms with Gasteiger partial charge in [-0.25, -0.2) is 4.98 Å². The fourth-order valence-electron chi connectivity index (χ4n) is 0.938. The summed E-state index contributed by atoms with van der Waals surface area (Å²) in [7, 11) is -0.897. The zero-order valence-corrected chi connectivity index (χ0v) is 9.21. The third-order valence-electron chi connectivity index (χ3n) is 1.69. The Kier molecular flexibility index (Phi) is 4.23. The molecule has 6 heteroatoms. The molecule has 0 aliphatic rings. The third kappa shape index (κ3) is 4.07. The van der Waals surface area contributed by atoms with Gasteiger partial charge < -0.3 is 11.1 Å². The topological polar surface area (TPSA) is 85.1 Å². The van der Waals surface area contributed by atoms with Crippen LogP contribution in [0.4, 0.5) is 5.69 Å². The van der Waals surface area contributed by atoms with E-state index in [-0.39, 0.29) is 5.91 Å². The number of rotatable bonds is 4. The summed E-state index contributed by atoms with van der Waals surface area (Å²) in [5.74, 6) is 0.168. The molecule has 0 bridgehead atoms. The molecule has 0 spiro atoms. The number of aromatic nitrogens is 1. The van der Waals surface area contributed by atoms with Gasteiger partial charge in [0, 0.05) is 29.4 Å². The summed E-state index contributed by atoms with van der Waals surface area (Å²) in [6.45, 7) is 0.383. The molecule has 0 aliphatic carbocycles. The van der Waals surface area contributed by atoms with E-state index < -0.39 is 10.8 Å². The highest BCUT2D eigenvalue weighted by molar-refractivity contribution is 7.84. The molecule has 0 aromatic carbocycles. The van der Waals surface area contributed by atoms with Crippen LogP contribution < -0.4 is 11.1 Å². The lowest BCUT2D eigenvalue weighted by Crippen LogP contribution is -2.28. The van der Waals surface area contributed by atoms with Crippen LogP contribution in [0.3, 0.4) is 0 Å². The van der Waals surface area contributed by atoms with Crippen molar-refractivity contribution in [1.29, 1.82) is 0 Å². The van der Waals surface area contributed by atoms with Gasteiger partial charge in [-0.2, -0.15) is 0 Å². The van der Waals surface area contributed by atoms with Crippen molar-refractivity contribution < 1.29 is 9.00 Å². The maximum Gasteiger partial charge on any atom is 0.269 e. The minimum atomic E-state index is -0.897. The molecule has 1 unspecified atom stereocenters. The summed E-state index contributed by atoms with van der Waals surface area (Å²) in [4.78, 5) is 15.3. The van der Waals surface area contributed by atoms with Gasteiger partial charge in [0.25, 0.3) is 5.91 Å². The number of nitrogen functional groups attached to an aromatic ring is 1. The predicted molar refractivity (Wildman–Crippen MR) is 59.9 cm³/mol. The Morgan fingerprint density at radius 3 is 2.87 bits per heavy atom. The van der Waals surface area contributed by atoms with Gasteiger partial charge in [0.05, 0.1) is 11.9 Å². The van der Waals surface area contributed by atoms with Crippen LogP contribution in [0, 0.1) is 0 Å². The Bertz CT molecular complexity index is 364. The maximum atomic E-state index is 11.4. The van der Waals surface area contributed by atoms with E-state index in [9.17, 15) is 9.00 Å². The van der Waals surface area contributed by atoms with E-state index in [4.69, 9.17) is 5.73 Å². The Balaban J connectivity index is 2.47. The average molecular weight is 227 g/mol. The van der Waals surface area contributed by atoms with E-state index >= 15 is 0 Å². The summed E-state index contributed by atoms with van der Waals surface area (Å²) in [6.07, 6.45) is 3.01. The van der Waals surface area contributed by atoms with E-state index in [1.54, 1.807) is 18.4 Å². The molecule has 0 aliphatic heterocycles. The Morgan fingerprint density at radius 1 is 1.60 bits per heavy atom. The van der Waals surface area contributed by atoms with E-state index in [0.29, 0.717) is 23.7 Å². The van der Waals surface area contributed by atoms with Crippen LogP contribution in [0.2, 0.25) is 0 Å². The van der Waals surface area contributed by atoms with Crippen LogP contribution in [0.5, 0.6) is 0 Å². The Hall–Kier alpha value is -1.43. The van der Waals surface area contributed by atoms with Crippen LogP contribution in [0.25, 0.3) is 0 Å². The molecular formula is C9H13N3O2S. The third-order valence-corrected chi connectivity index (χ3v) is 2.47. The lowest BCUT2D eigenvalue weighted by atomic mass is 10.3.